The maximum absolute atomic E-state index is 6.40. The molecule has 1 unspecified atom stereocenters. The van der Waals surface area contributed by atoms with Crippen molar-refractivity contribution in [2.45, 2.75) is 18.9 Å². The third kappa shape index (κ3) is 3.10. The Kier molecular flexibility index (Phi) is 4.53. The number of fused-ring (bicyclic) bond motifs is 1. The minimum Gasteiger partial charge on any atom is -0.493 e. The Balaban J connectivity index is 1.99. The third-order valence-electron chi connectivity index (χ3n) is 3.83. The Bertz CT molecular complexity index is 659. The van der Waals surface area contributed by atoms with Crippen molar-refractivity contribution in [3.8, 4) is 5.75 Å². The van der Waals surface area contributed by atoms with Crippen molar-refractivity contribution in [2.75, 3.05) is 13.7 Å². The van der Waals surface area contributed by atoms with Gasteiger partial charge in [-0.3, -0.25) is 0 Å². The van der Waals surface area contributed by atoms with Crippen LogP contribution in [0.2, 0.25) is 5.02 Å². The molecule has 110 valence electrons. The highest BCUT2D eigenvalue weighted by molar-refractivity contribution is 9.10. The third-order valence-corrected chi connectivity index (χ3v) is 4.65. The van der Waals surface area contributed by atoms with Crippen LogP contribution < -0.4 is 10.1 Å². The zero-order chi connectivity index (χ0) is 14.8. The van der Waals surface area contributed by atoms with E-state index in [0.717, 1.165) is 40.3 Å². The van der Waals surface area contributed by atoms with E-state index in [1.165, 1.54) is 11.1 Å². The molecule has 1 aliphatic heterocycles. The summed E-state index contributed by atoms with van der Waals surface area (Å²) >= 11 is 9.85. The van der Waals surface area contributed by atoms with Gasteiger partial charge in [-0.25, -0.2) is 0 Å². The van der Waals surface area contributed by atoms with Gasteiger partial charge in [-0.15, -0.1) is 0 Å². The van der Waals surface area contributed by atoms with Gasteiger partial charge >= 0.3 is 0 Å². The molecule has 0 bridgehead atoms. The monoisotopic (exact) mass is 365 g/mol. The first-order valence-electron chi connectivity index (χ1n) is 7.07. The lowest BCUT2D eigenvalue weighted by molar-refractivity contribution is 0.288. The molecule has 0 amide bonds. The van der Waals surface area contributed by atoms with Gasteiger partial charge in [-0.2, -0.15) is 0 Å². The normalized spacial score (nSPS) is 15.2. The summed E-state index contributed by atoms with van der Waals surface area (Å²) in [6.45, 7) is 0.820. The molecule has 0 aromatic heterocycles. The maximum Gasteiger partial charge on any atom is 0.122 e. The lowest BCUT2D eigenvalue weighted by atomic mass is 9.95. The van der Waals surface area contributed by atoms with E-state index in [0.29, 0.717) is 0 Å². The average Bonchev–Trinajstić information content (AvgIpc) is 2.50. The van der Waals surface area contributed by atoms with Gasteiger partial charge in [0.05, 0.1) is 12.6 Å². The molecular weight excluding hydrogens is 350 g/mol. The molecule has 1 atom stereocenters. The molecule has 1 aliphatic rings. The van der Waals surface area contributed by atoms with Crippen LogP contribution in [0.1, 0.15) is 29.2 Å². The van der Waals surface area contributed by atoms with Gasteiger partial charge in [0.25, 0.3) is 0 Å². The quantitative estimate of drug-likeness (QED) is 0.847. The predicted molar refractivity (Wildman–Crippen MR) is 90.3 cm³/mol. The highest BCUT2D eigenvalue weighted by Crippen LogP contribution is 2.33. The summed E-state index contributed by atoms with van der Waals surface area (Å²) in [5, 5.41) is 4.12. The van der Waals surface area contributed by atoms with E-state index in [-0.39, 0.29) is 6.04 Å². The molecule has 0 aliphatic carbocycles. The Hall–Kier alpha value is -1.03. The zero-order valence-electron chi connectivity index (χ0n) is 11.8. The van der Waals surface area contributed by atoms with E-state index in [1.807, 2.05) is 19.2 Å². The van der Waals surface area contributed by atoms with Crippen LogP contribution in [0.5, 0.6) is 5.75 Å². The van der Waals surface area contributed by atoms with E-state index < -0.39 is 0 Å². The van der Waals surface area contributed by atoms with Gasteiger partial charge in [0.1, 0.15) is 5.75 Å². The van der Waals surface area contributed by atoms with Crippen molar-refractivity contribution in [1.82, 2.24) is 5.32 Å². The van der Waals surface area contributed by atoms with Gasteiger partial charge in [-0.05, 0) is 54.8 Å². The molecule has 21 heavy (non-hydrogen) atoms. The van der Waals surface area contributed by atoms with E-state index >= 15 is 0 Å². The molecule has 4 heteroatoms. The Labute approximate surface area is 138 Å². The Morgan fingerprint density at radius 3 is 2.86 bits per heavy atom. The number of rotatable bonds is 3. The summed E-state index contributed by atoms with van der Waals surface area (Å²) < 4.78 is 6.68. The maximum atomic E-state index is 6.40. The van der Waals surface area contributed by atoms with Crippen LogP contribution in [0.15, 0.2) is 40.9 Å². The van der Waals surface area contributed by atoms with Crippen molar-refractivity contribution in [2.24, 2.45) is 0 Å². The van der Waals surface area contributed by atoms with Crippen LogP contribution in [-0.2, 0) is 6.42 Å². The number of benzene rings is 2. The van der Waals surface area contributed by atoms with Gasteiger partial charge in [0.2, 0.25) is 0 Å². The molecule has 0 saturated carbocycles. The summed E-state index contributed by atoms with van der Waals surface area (Å²) in [7, 11) is 1.96. The van der Waals surface area contributed by atoms with E-state index in [4.69, 9.17) is 16.3 Å². The fourth-order valence-electron chi connectivity index (χ4n) is 2.80. The second-order valence-corrected chi connectivity index (χ2v) is 6.53. The highest BCUT2D eigenvalue weighted by Gasteiger charge is 2.18. The number of nitrogens with one attached hydrogen (secondary N) is 1. The summed E-state index contributed by atoms with van der Waals surface area (Å²) in [4.78, 5) is 0. The smallest absolute Gasteiger partial charge is 0.122 e. The van der Waals surface area contributed by atoms with Crippen LogP contribution in [0.4, 0.5) is 0 Å². The van der Waals surface area contributed by atoms with Crippen molar-refractivity contribution in [1.29, 1.82) is 0 Å². The fraction of sp³-hybridized carbons (Fsp3) is 0.294. The molecular formula is C17H17BrClNO. The molecule has 3 rings (SSSR count). The van der Waals surface area contributed by atoms with Crippen molar-refractivity contribution in [3.63, 3.8) is 0 Å². The lowest BCUT2D eigenvalue weighted by Gasteiger charge is -2.22. The second-order valence-electron chi connectivity index (χ2n) is 5.21. The van der Waals surface area contributed by atoms with E-state index in [9.17, 15) is 0 Å². The number of hydrogen-bond donors (Lipinski definition) is 1. The number of halogens is 2. The topological polar surface area (TPSA) is 21.3 Å². The molecule has 0 saturated heterocycles. The minimum atomic E-state index is 0.0813. The molecule has 2 aromatic carbocycles. The number of aryl methyl sites for hydroxylation is 1. The van der Waals surface area contributed by atoms with Crippen LogP contribution >= 0.6 is 27.5 Å². The van der Waals surface area contributed by atoms with E-state index in [2.05, 4.69) is 45.5 Å². The molecule has 0 fully saturated rings. The van der Waals surface area contributed by atoms with Crippen LogP contribution in [-0.4, -0.2) is 13.7 Å². The summed E-state index contributed by atoms with van der Waals surface area (Å²) in [6.07, 6.45) is 2.16. The molecule has 0 radical (unpaired) electrons. The summed E-state index contributed by atoms with van der Waals surface area (Å²) in [5.74, 6) is 1.02. The average molecular weight is 367 g/mol. The molecule has 0 spiro atoms. The zero-order valence-corrected chi connectivity index (χ0v) is 14.2. The van der Waals surface area contributed by atoms with Gasteiger partial charge < -0.3 is 10.1 Å². The molecule has 2 nitrogen and oxygen atoms in total. The van der Waals surface area contributed by atoms with Crippen LogP contribution in [0.3, 0.4) is 0 Å². The van der Waals surface area contributed by atoms with Crippen LogP contribution in [0.25, 0.3) is 0 Å². The van der Waals surface area contributed by atoms with Crippen LogP contribution in [0, 0.1) is 0 Å². The Morgan fingerprint density at radius 1 is 1.24 bits per heavy atom. The van der Waals surface area contributed by atoms with Crippen molar-refractivity contribution >= 4 is 27.5 Å². The fourth-order valence-corrected chi connectivity index (χ4v) is 3.58. The molecule has 2 aromatic rings. The lowest BCUT2D eigenvalue weighted by Crippen LogP contribution is -2.19. The van der Waals surface area contributed by atoms with Gasteiger partial charge in [0, 0.05) is 9.50 Å². The largest absolute Gasteiger partial charge is 0.493 e. The first kappa shape index (κ1) is 14.9. The first-order valence-corrected chi connectivity index (χ1v) is 8.24. The van der Waals surface area contributed by atoms with Crippen molar-refractivity contribution < 1.29 is 4.74 Å². The predicted octanol–water partition coefficient (Wildman–Crippen LogP) is 4.74. The summed E-state index contributed by atoms with van der Waals surface area (Å²) in [6, 6.07) is 12.5. The molecule has 1 N–H and O–H groups in total. The molecule has 1 heterocycles. The Morgan fingerprint density at radius 2 is 2.10 bits per heavy atom. The van der Waals surface area contributed by atoms with E-state index in [1.54, 1.807) is 0 Å². The standard InChI is InChI=1S/C17H17BrClNO/c1-20-17(14-6-5-13(18)10-15(14)19)12-4-7-16-11(9-12)3-2-8-21-16/h4-7,9-10,17,20H,2-3,8H2,1H3. The first-order chi connectivity index (χ1) is 10.2. The number of ether oxygens (including phenoxy) is 1. The minimum absolute atomic E-state index is 0.0813. The van der Waals surface area contributed by atoms with Gasteiger partial charge in [-0.1, -0.05) is 45.7 Å². The summed E-state index contributed by atoms with van der Waals surface area (Å²) in [5.41, 5.74) is 3.58. The second kappa shape index (κ2) is 6.39. The van der Waals surface area contributed by atoms with Gasteiger partial charge in [0.15, 0.2) is 0 Å². The SMILES string of the molecule is CNC(c1ccc2c(c1)CCCO2)c1ccc(Br)cc1Cl. The highest BCUT2D eigenvalue weighted by atomic mass is 79.9. The number of hydrogen-bond acceptors (Lipinski definition) is 2. The van der Waals surface area contributed by atoms with Crippen molar-refractivity contribution in [3.05, 3.63) is 62.6 Å².